The lowest BCUT2D eigenvalue weighted by atomic mass is 9.84. The Bertz CT molecular complexity index is 550. The van der Waals surface area contributed by atoms with Crippen LogP contribution in [0.25, 0.3) is 0 Å². The van der Waals surface area contributed by atoms with Gasteiger partial charge in [0.2, 0.25) is 5.76 Å². The smallest absolute Gasteiger partial charge is 0.377 e. The van der Waals surface area contributed by atoms with Crippen molar-refractivity contribution in [3.8, 4) is 0 Å². The molecule has 8 heteroatoms. The molecule has 8 nitrogen and oxygen atoms in total. The van der Waals surface area contributed by atoms with Gasteiger partial charge >= 0.3 is 11.9 Å². The zero-order valence-electron chi connectivity index (χ0n) is 16.5. The number of unbranched alkanes of at least 4 members (excludes halogenated alkanes) is 2. The molecule has 1 aliphatic carbocycles. The van der Waals surface area contributed by atoms with Gasteiger partial charge in [-0.2, -0.15) is 0 Å². The fourth-order valence-corrected chi connectivity index (χ4v) is 3.58. The molecule has 2 unspecified atom stereocenters. The molecule has 0 aromatic rings. The lowest BCUT2D eigenvalue weighted by Gasteiger charge is -2.28. The van der Waals surface area contributed by atoms with Crippen molar-refractivity contribution in [3.63, 3.8) is 0 Å². The molecule has 0 aromatic heterocycles. The molecule has 2 aliphatic rings. The molecule has 3 N–H and O–H groups in total. The Hall–Kier alpha value is -1.80. The number of carbonyl (C=O) groups excluding carboxylic acids is 2. The number of cyclic esters (lactones) is 1. The minimum Gasteiger partial charge on any atom is -0.505 e. The van der Waals surface area contributed by atoms with Gasteiger partial charge in [0, 0.05) is 13.0 Å². The van der Waals surface area contributed by atoms with E-state index in [1.807, 2.05) is 0 Å². The zero-order valence-corrected chi connectivity index (χ0v) is 16.5. The van der Waals surface area contributed by atoms with Gasteiger partial charge < -0.3 is 29.5 Å². The Morgan fingerprint density at radius 1 is 1.21 bits per heavy atom. The molecule has 0 aromatic carbocycles. The number of carbonyl (C=O) groups is 2. The number of esters is 2. The van der Waals surface area contributed by atoms with Crippen LogP contribution < -0.4 is 0 Å². The summed E-state index contributed by atoms with van der Waals surface area (Å²) in [6, 6.07) is 0. The van der Waals surface area contributed by atoms with Gasteiger partial charge in [0.05, 0.1) is 6.10 Å². The summed E-state index contributed by atoms with van der Waals surface area (Å²) in [5.74, 6) is -2.78. The van der Waals surface area contributed by atoms with Crippen LogP contribution in [0.3, 0.4) is 0 Å². The lowest BCUT2D eigenvalue weighted by Crippen LogP contribution is -2.33. The van der Waals surface area contributed by atoms with Crippen LogP contribution in [0.5, 0.6) is 0 Å². The highest BCUT2D eigenvalue weighted by molar-refractivity contribution is 5.89. The quantitative estimate of drug-likeness (QED) is 0.357. The summed E-state index contributed by atoms with van der Waals surface area (Å²) in [5.41, 5.74) is 0. The van der Waals surface area contributed by atoms with Crippen molar-refractivity contribution in [2.75, 3.05) is 13.2 Å². The van der Waals surface area contributed by atoms with Crippen molar-refractivity contribution in [1.29, 1.82) is 0 Å². The third-order valence-electron chi connectivity index (χ3n) is 5.36. The molecule has 2 atom stereocenters. The monoisotopic (exact) mass is 400 g/mol. The second-order valence-corrected chi connectivity index (χ2v) is 7.57. The van der Waals surface area contributed by atoms with Gasteiger partial charge in [-0.25, -0.2) is 4.79 Å². The number of hydrogen-bond donors (Lipinski definition) is 3. The van der Waals surface area contributed by atoms with Crippen molar-refractivity contribution < 1.29 is 39.1 Å². The fourth-order valence-electron chi connectivity index (χ4n) is 3.58. The molecule has 28 heavy (non-hydrogen) atoms. The third-order valence-corrected chi connectivity index (χ3v) is 5.36. The molecule has 0 saturated heterocycles. The predicted octanol–water partition coefficient (Wildman–Crippen LogP) is 2.69. The third kappa shape index (κ3) is 6.67. The summed E-state index contributed by atoms with van der Waals surface area (Å²) in [5, 5.41) is 28.6. The maximum atomic E-state index is 11.9. The minimum atomic E-state index is -1.43. The van der Waals surface area contributed by atoms with Gasteiger partial charge in [-0.15, -0.1) is 0 Å². The number of aliphatic hydroxyl groups excluding tert-OH is 3. The highest BCUT2D eigenvalue weighted by Crippen LogP contribution is 2.29. The number of aliphatic hydroxyl groups is 3. The summed E-state index contributed by atoms with van der Waals surface area (Å²) in [7, 11) is 0. The highest BCUT2D eigenvalue weighted by atomic mass is 16.6. The first-order valence-corrected chi connectivity index (χ1v) is 10.2. The van der Waals surface area contributed by atoms with E-state index in [-0.39, 0.29) is 6.42 Å². The Balaban J connectivity index is 1.58. The molecule has 1 aliphatic heterocycles. The Morgan fingerprint density at radius 2 is 1.93 bits per heavy atom. The molecule has 160 valence electrons. The van der Waals surface area contributed by atoms with E-state index in [1.54, 1.807) is 0 Å². The van der Waals surface area contributed by atoms with Crippen LogP contribution in [0.4, 0.5) is 0 Å². The van der Waals surface area contributed by atoms with Crippen molar-refractivity contribution in [2.24, 2.45) is 5.92 Å². The Morgan fingerprint density at radius 3 is 2.54 bits per heavy atom. The summed E-state index contributed by atoms with van der Waals surface area (Å²) >= 11 is 0. The number of hydrogen-bond acceptors (Lipinski definition) is 8. The number of rotatable bonds is 11. The number of ether oxygens (including phenoxy) is 3. The van der Waals surface area contributed by atoms with Crippen molar-refractivity contribution in [1.82, 2.24) is 0 Å². The van der Waals surface area contributed by atoms with Crippen molar-refractivity contribution in [2.45, 2.75) is 83.0 Å². The zero-order chi connectivity index (χ0) is 20.5. The molecule has 2 rings (SSSR count). The summed E-state index contributed by atoms with van der Waals surface area (Å²) in [4.78, 5) is 23.0. The van der Waals surface area contributed by atoms with Gasteiger partial charge in [-0.3, -0.25) is 4.79 Å². The van der Waals surface area contributed by atoms with Crippen LogP contribution in [0.1, 0.15) is 64.7 Å². The normalized spacial score (nSPS) is 26.2. The van der Waals surface area contributed by atoms with Gasteiger partial charge in [0.25, 0.3) is 0 Å². The van der Waals surface area contributed by atoms with Gasteiger partial charge in [0.1, 0.15) is 12.7 Å². The van der Waals surface area contributed by atoms with Crippen LogP contribution in [-0.4, -0.2) is 58.8 Å². The Labute approximate surface area is 165 Å². The van der Waals surface area contributed by atoms with E-state index in [9.17, 15) is 24.9 Å². The average Bonchev–Trinajstić information content (AvgIpc) is 2.96. The standard InChI is InChI=1S/C20H32O8/c1-2-3-4-11-26-14-8-5-13(6-9-14)7-10-16(22)27-12-15(21)19-17(23)18(24)20(25)28-19/h13-15,19,21,23-24H,2-12H2,1H3. The van der Waals surface area contributed by atoms with E-state index in [0.29, 0.717) is 12.0 Å². The second-order valence-electron chi connectivity index (χ2n) is 7.57. The van der Waals surface area contributed by atoms with E-state index in [4.69, 9.17) is 9.47 Å². The summed E-state index contributed by atoms with van der Waals surface area (Å²) in [6.45, 7) is 2.58. The van der Waals surface area contributed by atoms with Crippen LogP contribution in [-0.2, 0) is 23.8 Å². The summed E-state index contributed by atoms with van der Waals surface area (Å²) < 4.78 is 15.5. The summed E-state index contributed by atoms with van der Waals surface area (Å²) in [6.07, 6.45) is 6.07. The second kappa shape index (κ2) is 11.3. The molecular formula is C20H32O8. The van der Waals surface area contributed by atoms with Crippen LogP contribution in [0.15, 0.2) is 11.5 Å². The fraction of sp³-hybridized carbons (Fsp3) is 0.800. The first-order valence-electron chi connectivity index (χ1n) is 10.2. The van der Waals surface area contributed by atoms with Crippen molar-refractivity contribution >= 4 is 11.9 Å². The topological polar surface area (TPSA) is 123 Å². The van der Waals surface area contributed by atoms with Crippen molar-refractivity contribution in [3.05, 3.63) is 11.5 Å². The molecule has 0 radical (unpaired) electrons. The van der Waals surface area contributed by atoms with E-state index in [0.717, 1.165) is 45.1 Å². The molecule has 1 saturated carbocycles. The maximum absolute atomic E-state index is 11.9. The molecule has 0 amide bonds. The minimum absolute atomic E-state index is 0.247. The van der Waals surface area contributed by atoms with E-state index in [1.165, 1.54) is 12.8 Å². The predicted molar refractivity (Wildman–Crippen MR) is 99.6 cm³/mol. The van der Waals surface area contributed by atoms with Gasteiger partial charge in [-0.1, -0.05) is 19.8 Å². The van der Waals surface area contributed by atoms with Crippen LogP contribution in [0, 0.1) is 5.92 Å². The molecule has 1 heterocycles. The first-order chi connectivity index (χ1) is 13.4. The Kier molecular flexibility index (Phi) is 9.05. The molecule has 0 bridgehead atoms. The average molecular weight is 400 g/mol. The maximum Gasteiger partial charge on any atom is 0.377 e. The largest absolute Gasteiger partial charge is 0.505 e. The van der Waals surface area contributed by atoms with E-state index < -0.39 is 42.3 Å². The highest BCUT2D eigenvalue weighted by Gasteiger charge is 2.39. The van der Waals surface area contributed by atoms with E-state index >= 15 is 0 Å². The molecular weight excluding hydrogens is 368 g/mol. The van der Waals surface area contributed by atoms with Crippen LogP contribution in [0.2, 0.25) is 0 Å². The SMILES string of the molecule is CCCCCOC1CCC(CCC(=O)OCC(O)C2OC(=O)C(O)=C2O)CC1. The van der Waals surface area contributed by atoms with Gasteiger partial charge in [-0.05, 0) is 44.4 Å². The van der Waals surface area contributed by atoms with E-state index in [2.05, 4.69) is 11.7 Å². The molecule has 1 fully saturated rings. The van der Waals surface area contributed by atoms with Gasteiger partial charge in [0.15, 0.2) is 11.9 Å². The van der Waals surface area contributed by atoms with Crippen LogP contribution >= 0.6 is 0 Å². The first kappa shape index (κ1) is 22.5. The lowest BCUT2D eigenvalue weighted by molar-refractivity contribution is -0.154. The molecule has 0 spiro atoms.